The molecule has 3 heterocycles. The number of carbonyl (C=O) groups is 3. The second-order valence-electron chi connectivity index (χ2n) is 12.2. The molecule has 4 aromatic rings. The third-order valence-corrected chi connectivity index (χ3v) is 10.9. The summed E-state index contributed by atoms with van der Waals surface area (Å²) in [7, 11) is 0. The van der Waals surface area contributed by atoms with Crippen LogP contribution in [-0.2, 0) is 32.5 Å². The number of hydrogen-bond donors (Lipinski definition) is 1. The molecule has 46 heavy (non-hydrogen) atoms. The fourth-order valence-electron chi connectivity index (χ4n) is 5.77. The standard InChI is InChI=1S/C33H27ClF3N3O4S2/c1-32(2,3)18-9-7-17(8-10-18)24-25-26(29(43)40(28(25)42)22-13-11-20(34)12-14-22)45-30-27(24)46-31(44)39(30)16-23(41)38-21-6-4-5-19(15-21)33(35,36)37/h4-15,24-26H,16H2,1-3H3,(H,38,41)/t24-,25?,26?/m0/s1. The van der Waals surface area contributed by atoms with Crippen LogP contribution < -0.4 is 15.1 Å². The zero-order chi connectivity index (χ0) is 33.1. The number of hydrogen-bond acceptors (Lipinski definition) is 6. The van der Waals surface area contributed by atoms with Gasteiger partial charge < -0.3 is 5.32 Å². The van der Waals surface area contributed by atoms with Gasteiger partial charge in [-0.1, -0.05) is 85.8 Å². The molecule has 3 amide bonds. The maximum absolute atomic E-state index is 14.1. The van der Waals surface area contributed by atoms with Crippen LogP contribution >= 0.6 is 34.7 Å². The lowest BCUT2D eigenvalue weighted by molar-refractivity contribution is -0.137. The summed E-state index contributed by atoms with van der Waals surface area (Å²) in [5.41, 5.74) is 1.04. The van der Waals surface area contributed by atoms with Gasteiger partial charge >= 0.3 is 11.0 Å². The number of halogens is 4. The van der Waals surface area contributed by atoms with Crippen molar-refractivity contribution in [1.82, 2.24) is 4.57 Å². The van der Waals surface area contributed by atoms with E-state index in [2.05, 4.69) is 26.1 Å². The van der Waals surface area contributed by atoms with Crippen molar-refractivity contribution >= 4 is 63.8 Å². The Balaban J connectivity index is 1.39. The zero-order valence-corrected chi connectivity index (χ0v) is 27.1. The SMILES string of the molecule is CC(C)(C)c1ccc([C@@H]2c3sc(=O)n(CC(=O)Nc4cccc(C(F)(F)F)c4)c3SC3C(=O)N(c4ccc(Cl)cc4)C(=O)C32)cc1. The molecule has 13 heteroatoms. The van der Waals surface area contributed by atoms with E-state index in [4.69, 9.17) is 11.6 Å². The number of anilines is 2. The van der Waals surface area contributed by atoms with E-state index in [1.807, 2.05) is 24.3 Å². The van der Waals surface area contributed by atoms with Gasteiger partial charge in [0, 0.05) is 21.5 Å². The molecular weight excluding hydrogens is 659 g/mol. The Kier molecular flexibility index (Phi) is 8.19. The Morgan fingerprint density at radius 2 is 1.59 bits per heavy atom. The van der Waals surface area contributed by atoms with Gasteiger partial charge in [-0.2, -0.15) is 13.2 Å². The molecular formula is C33H27ClF3N3O4S2. The van der Waals surface area contributed by atoms with Crippen molar-refractivity contribution in [3.05, 3.63) is 109 Å². The highest BCUT2D eigenvalue weighted by atomic mass is 35.5. The lowest BCUT2D eigenvalue weighted by atomic mass is 9.81. The fraction of sp³-hybridized carbons (Fsp3) is 0.273. The Labute approximate surface area is 275 Å². The Bertz CT molecular complexity index is 1910. The van der Waals surface area contributed by atoms with Crippen LogP contribution in [0.1, 0.15) is 48.3 Å². The van der Waals surface area contributed by atoms with Crippen LogP contribution in [0.25, 0.3) is 0 Å². The molecule has 0 saturated carbocycles. The predicted octanol–water partition coefficient (Wildman–Crippen LogP) is 7.31. The smallest absolute Gasteiger partial charge is 0.325 e. The van der Waals surface area contributed by atoms with E-state index < -0.39 is 58.0 Å². The number of fused-ring (bicyclic) bond motifs is 2. The second-order valence-corrected chi connectivity index (χ2v) is 14.7. The number of aromatic nitrogens is 1. The summed E-state index contributed by atoms with van der Waals surface area (Å²) in [5.74, 6) is -3.06. The van der Waals surface area contributed by atoms with Crippen molar-refractivity contribution in [3.63, 3.8) is 0 Å². The molecule has 3 atom stereocenters. The normalized spacial score (nSPS) is 19.6. The summed E-state index contributed by atoms with van der Waals surface area (Å²) in [5, 5.41) is 2.37. The monoisotopic (exact) mass is 685 g/mol. The van der Waals surface area contributed by atoms with Crippen molar-refractivity contribution in [2.75, 3.05) is 10.2 Å². The maximum atomic E-state index is 14.1. The van der Waals surface area contributed by atoms with Crippen LogP contribution in [0.3, 0.4) is 0 Å². The topological polar surface area (TPSA) is 88.5 Å². The number of imide groups is 1. The fourth-order valence-corrected chi connectivity index (χ4v) is 8.67. The molecule has 7 nitrogen and oxygen atoms in total. The van der Waals surface area contributed by atoms with Crippen LogP contribution in [0.5, 0.6) is 0 Å². The van der Waals surface area contributed by atoms with Gasteiger partial charge in [0.1, 0.15) is 11.8 Å². The molecule has 0 bridgehead atoms. The molecule has 0 aliphatic carbocycles. The zero-order valence-electron chi connectivity index (χ0n) is 24.7. The van der Waals surface area contributed by atoms with Crippen molar-refractivity contribution in [3.8, 4) is 0 Å². The summed E-state index contributed by atoms with van der Waals surface area (Å²) < 4.78 is 40.8. The number of rotatable bonds is 5. The minimum atomic E-state index is -4.59. The second kappa shape index (κ2) is 11.7. The van der Waals surface area contributed by atoms with E-state index in [1.165, 1.54) is 16.7 Å². The number of thioether (sulfide) groups is 1. The molecule has 0 spiro atoms. The third-order valence-electron chi connectivity index (χ3n) is 8.05. The van der Waals surface area contributed by atoms with Crippen molar-refractivity contribution < 1.29 is 27.6 Å². The Hall–Kier alpha value is -3.87. The van der Waals surface area contributed by atoms with Gasteiger partial charge in [0.15, 0.2) is 0 Å². The van der Waals surface area contributed by atoms with Crippen molar-refractivity contribution in [1.29, 1.82) is 0 Å². The van der Waals surface area contributed by atoms with Crippen LogP contribution in [0.4, 0.5) is 24.5 Å². The highest BCUT2D eigenvalue weighted by molar-refractivity contribution is 8.00. The number of amides is 3. The van der Waals surface area contributed by atoms with Crippen molar-refractivity contribution in [2.45, 2.75) is 55.1 Å². The van der Waals surface area contributed by atoms with Gasteiger partial charge in [-0.25, -0.2) is 4.90 Å². The minimum Gasteiger partial charge on any atom is -0.325 e. The van der Waals surface area contributed by atoms with Crippen LogP contribution in [-0.4, -0.2) is 27.5 Å². The molecule has 2 aliphatic rings. The summed E-state index contributed by atoms with van der Waals surface area (Å²) in [6.45, 7) is 5.73. The average molecular weight is 686 g/mol. The first-order valence-corrected chi connectivity index (χ1v) is 16.3. The van der Waals surface area contributed by atoms with E-state index in [9.17, 15) is 32.3 Å². The van der Waals surface area contributed by atoms with Crippen molar-refractivity contribution in [2.24, 2.45) is 5.92 Å². The minimum absolute atomic E-state index is 0.0725. The summed E-state index contributed by atoms with van der Waals surface area (Å²) >= 11 is 8.00. The molecule has 1 aromatic heterocycles. The number of thiazole rings is 1. The van der Waals surface area contributed by atoms with Crippen LogP contribution in [0.2, 0.25) is 5.02 Å². The van der Waals surface area contributed by atoms with Crippen LogP contribution in [0, 0.1) is 5.92 Å². The molecule has 238 valence electrons. The number of alkyl halides is 3. The summed E-state index contributed by atoms with van der Waals surface area (Å²) in [4.78, 5) is 55.6. The van der Waals surface area contributed by atoms with E-state index in [-0.39, 0.29) is 11.1 Å². The van der Waals surface area contributed by atoms with Gasteiger partial charge in [-0.05, 0) is 59.0 Å². The number of nitrogens with one attached hydrogen (secondary N) is 1. The van der Waals surface area contributed by atoms with E-state index in [0.29, 0.717) is 20.6 Å². The first-order chi connectivity index (χ1) is 21.6. The lowest BCUT2D eigenvalue weighted by Crippen LogP contribution is -2.33. The Morgan fingerprint density at radius 3 is 2.22 bits per heavy atom. The van der Waals surface area contributed by atoms with Gasteiger partial charge in [-0.15, -0.1) is 0 Å². The number of nitrogens with zero attached hydrogens (tertiary/aromatic N) is 2. The highest BCUT2D eigenvalue weighted by Gasteiger charge is 2.56. The number of benzene rings is 3. The van der Waals surface area contributed by atoms with E-state index in [1.54, 1.807) is 24.3 Å². The molecule has 0 radical (unpaired) electrons. The van der Waals surface area contributed by atoms with E-state index >= 15 is 0 Å². The third kappa shape index (κ3) is 5.89. The largest absolute Gasteiger partial charge is 0.416 e. The van der Waals surface area contributed by atoms with Gasteiger partial charge in [-0.3, -0.25) is 23.7 Å². The lowest BCUT2D eigenvalue weighted by Gasteiger charge is -2.31. The Morgan fingerprint density at radius 1 is 0.913 bits per heavy atom. The molecule has 2 aliphatic heterocycles. The molecule has 2 unspecified atom stereocenters. The summed E-state index contributed by atoms with van der Waals surface area (Å²) in [6, 6.07) is 18.3. The summed E-state index contributed by atoms with van der Waals surface area (Å²) in [6.07, 6.45) is -4.59. The molecule has 3 aromatic carbocycles. The maximum Gasteiger partial charge on any atom is 0.416 e. The molecule has 1 saturated heterocycles. The first-order valence-electron chi connectivity index (χ1n) is 14.2. The van der Waals surface area contributed by atoms with Gasteiger partial charge in [0.05, 0.1) is 22.2 Å². The molecule has 1 N–H and O–H groups in total. The molecule has 1 fully saturated rings. The van der Waals surface area contributed by atoms with E-state index in [0.717, 1.165) is 51.3 Å². The van der Waals surface area contributed by atoms with Gasteiger partial charge in [0.25, 0.3) is 0 Å². The predicted molar refractivity (Wildman–Crippen MR) is 173 cm³/mol. The number of carbonyl (C=O) groups excluding carboxylic acids is 3. The van der Waals surface area contributed by atoms with Crippen LogP contribution in [0.15, 0.2) is 82.6 Å². The average Bonchev–Trinajstić information content (AvgIpc) is 3.43. The highest BCUT2D eigenvalue weighted by Crippen LogP contribution is 2.54. The molecule has 6 rings (SSSR count). The quantitative estimate of drug-likeness (QED) is 0.223. The first kappa shape index (κ1) is 32.1. The van der Waals surface area contributed by atoms with Gasteiger partial charge in [0.2, 0.25) is 17.7 Å².